The van der Waals surface area contributed by atoms with Crippen molar-refractivity contribution < 1.29 is 9.90 Å². The summed E-state index contributed by atoms with van der Waals surface area (Å²) in [7, 11) is 3.59. The van der Waals surface area contributed by atoms with E-state index in [0.717, 1.165) is 16.1 Å². The highest BCUT2D eigenvalue weighted by atomic mass is 32.1. The minimum absolute atomic E-state index is 0.329. The Kier molecular flexibility index (Phi) is 3.91. The van der Waals surface area contributed by atoms with Gasteiger partial charge in [0, 0.05) is 19.0 Å². The first-order valence-electron chi connectivity index (χ1n) is 5.59. The lowest BCUT2D eigenvalue weighted by Gasteiger charge is -2.02. The van der Waals surface area contributed by atoms with E-state index in [4.69, 9.17) is 5.11 Å². The molecule has 0 unspecified atom stereocenters. The van der Waals surface area contributed by atoms with Crippen molar-refractivity contribution in [1.82, 2.24) is 5.01 Å². The summed E-state index contributed by atoms with van der Waals surface area (Å²) in [4.78, 5) is 12.1. The summed E-state index contributed by atoms with van der Waals surface area (Å²) >= 11 is 1.24. The van der Waals surface area contributed by atoms with Crippen LogP contribution < -0.4 is 0 Å². The lowest BCUT2D eigenvalue weighted by molar-refractivity contribution is 0.0702. The molecular weight excluding hydrogens is 262 g/mol. The molecule has 2 aromatic rings. The van der Waals surface area contributed by atoms with Crippen molar-refractivity contribution in [2.45, 2.75) is 0 Å². The van der Waals surface area contributed by atoms with Crippen LogP contribution in [0.25, 0.3) is 10.4 Å². The monoisotopic (exact) mass is 275 g/mol. The molecule has 1 N–H and O–H groups in total. The maximum atomic E-state index is 10.9. The highest BCUT2D eigenvalue weighted by Crippen LogP contribution is 2.30. The first-order chi connectivity index (χ1) is 9.06. The molecule has 1 heterocycles. The molecule has 0 aliphatic rings. The Morgan fingerprint density at radius 3 is 2.68 bits per heavy atom. The molecule has 2 rings (SSSR count). The van der Waals surface area contributed by atoms with E-state index in [9.17, 15) is 4.79 Å². The van der Waals surface area contributed by atoms with E-state index in [1.54, 1.807) is 31.2 Å². The third kappa shape index (κ3) is 3.38. The molecular formula is C13H13N3O2S. The van der Waals surface area contributed by atoms with Crippen molar-refractivity contribution in [2.24, 2.45) is 10.3 Å². The second kappa shape index (κ2) is 5.62. The van der Waals surface area contributed by atoms with E-state index in [0.29, 0.717) is 4.88 Å². The van der Waals surface area contributed by atoms with Gasteiger partial charge in [0.25, 0.3) is 0 Å². The van der Waals surface area contributed by atoms with Gasteiger partial charge in [-0.15, -0.1) is 16.5 Å². The Balaban J connectivity index is 2.29. The molecule has 0 fully saturated rings. The zero-order valence-corrected chi connectivity index (χ0v) is 11.4. The smallest absolute Gasteiger partial charge is 0.345 e. The molecule has 1 aromatic heterocycles. The summed E-state index contributed by atoms with van der Waals surface area (Å²) < 4.78 is 0. The standard InChI is InChI=1S/C13H13N3O2S/c1-16(2)15-14-10-5-3-4-9(8-10)11-6-7-12(19-11)13(17)18/h3-8H,1-2H3,(H,17,18). The molecule has 1 aromatic carbocycles. The van der Waals surface area contributed by atoms with Crippen molar-refractivity contribution in [3.05, 3.63) is 41.3 Å². The lowest BCUT2D eigenvalue weighted by Crippen LogP contribution is -1.98. The van der Waals surface area contributed by atoms with Crippen molar-refractivity contribution in [1.29, 1.82) is 0 Å². The average molecular weight is 275 g/mol. The number of rotatable bonds is 4. The van der Waals surface area contributed by atoms with Crippen molar-refractivity contribution in [2.75, 3.05) is 14.1 Å². The molecule has 0 spiro atoms. The van der Waals surface area contributed by atoms with E-state index in [2.05, 4.69) is 10.3 Å². The molecule has 0 radical (unpaired) electrons. The Morgan fingerprint density at radius 1 is 1.26 bits per heavy atom. The fraction of sp³-hybridized carbons (Fsp3) is 0.154. The van der Waals surface area contributed by atoms with Crippen LogP contribution in [0.1, 0.15) is 9.67 Å². The lowest BCUT2D eigenvalue weighted by atomic mass is 10.2. The van der Waals surface area contributed by atoms with E-state index in [-0.39, 0.29) is 0 Å². The van der Waals surface area contributed by atoms with Crippen molar-refractivity contribution in [3.8, 4) is 10.4 Å². The van der Waals surface area contributed by atoms with Gasteiger partial charge in [-0.2, -0.15) is 0 Å². The van der Waals surface area contributed by atoms with E-state index in [1.807, 2.05) is 24.3 Å². The van der Waals surface area contributed by atoms with Gasteiger partial charge in [0.2, 0.25) is 0 Å². The minimum atomic E-state index is -0.903. The first kappa shape index (κ1) is 13.2. The molecule has 0 atom stereocenters. The average Bonchev–Trinajstić information content (AvgIpc) is 2.86. The Bertz CT molecular complexity index is 620. The highest BCUT2D eigenvalue weighted by Gasteiger charge is 2.08. The minimum Gasteiger partial charge on any atom is -0.477 e. The number of thiophene rings is 1. The van der Waals surface area contributed by atoms with Crippen LogP contribution in [-0.2, 0) is 0 Å². The molecule has 6 heteroatoms. The van der Waals surface area contributed by atoms with Gasteiger partial charge in [0.05, 0.1) is 5.69 Å². The van der Waals surface area contributed by atoms with Gasteiger partial charge in [-0.25, -0.2) is 4.79 Å². The van der Waals surface area contributed by atoms with Gasteiger partial charge in [-0.3, -0.25) is 5.01 Å². The summed E-state index contributed by atoms with van der Waals surface area (Å²) in [5, 5.41) is 18.5. The number of carboxylic acids is 1. The molecule has 0 aliphatic heterocycles. The van der Waals surface area contributed by atoms with E-state index >= 15 is 0 Å². The molecule has 19 heavy (non-hydrogen) atoms. The maximum Gasteiger partial charge on any atom is 0.345 e. The SMILES string of the molecule is CN(C)N=Nc1cccc(-c2ccc(C(=O)O)s2)c1. The number of hydrogen-bond acceptors (Lipinski definition) is 4. The summed E-state index contributed by atoms with van der Waals surface area (Å²) in [5.74, 6) is -0.903. The molecule has 0 bridgehead atoms. The zero-order chi connectivity index (χ0) is 13.8. The van der Waals surface area contributed by atoms with Crippen LogP contribution in [0.15, 0.2) is 46.7 Å². The van der Waals surface area contributed by atoms with Crippen LogP contribution in [0.2, 0.25) is 0 Å². The molecule has 98 valence electrons. The van der Waals surface area contributed by atoms with Crippen LogP contribution >= 0.6 is 11.3 Å². The zero-order valence-electron chi connectivity index (χ0n) is 10.6. The predicted molar refractivity (Wildman–Crippen MR) is 74.9 cm³/mol. The van der Waals surface area contributed by atoms with Gasteiger partial charge in [0.1, 0.15) is 4.88 Å². The number of nitrogens with zero attached hydrogens (tertiary/aromatic N) is 3. The van der Waals surface area contributed by atoms with Crippen LogP contribution in [0.3, 0.4) is 0 Å². The second-order valence-electron chi connectivity index (χ2n) is 4.06. The largest absolute Gasteiger partial charge is 0.477 e. The fourth-order valence-corrected chi connectivity index (χ4v) is 2.31. The molecule has 0 aliphatic carbocycles. The van der Waals surface area contributed by atoms with Gasteiger partial charge in [0.15, 0.2) is 0 Å². The summed E-state index contributed by atoms with van der Waals surface area (Å²) in [5.41, 5.74) is 1.67. The second-order valence-corrected chi connectivity index (χ2v) is 5.14. The van der Waals surface area contributed by atoms with Crippen LogP contribution in [0, 0.1) is 0 Å². The third-order valence-electron chi connectivity index (χ3n) is 2.29. The number of carboxylic acid groups (broad SMARTS) is 1. The van der Waals surface area contributed by atoms with Crippen LogP contribution in [-0.4, -0.2) is 30.2 Å². The molecule has 0 amide bonds. The third-order valence-corrected chi connectivity index (χ3v) is 3.41. The summed E-state index contributed by atoms with van der Waals surface area (Å²) in [6.07, 6.45) is 0. The Hall–Kier alpha value is -2.21. The number of benzene rings is 1. The van der Waals surface area contributed by atoms with Crippen molar-refractivity contribution >= 4 is 23.0 Å². The number of carbonyl (C=O) groups is 1. The normalized spacial score (nSPS) is 10.8. The molecule has 0 saturated heterocycles. The van der Waals surface area contributed by atoms with Gasteiger partial charge in [-0.1, -0.05) is 17.4 Å². The predicted octanol–water partition coefficient (Wildman–Crippen LogP) is 3.67. The highest BCUT2D eigenvalue weighted by molar-refractivity contribution is 7.17. The van der Waals surface area contributed by atoms with Gasteiger partial charge in [-0.05, 0) is 29.8 Å². The van der Waals surface area contributed by atoms with Gasteiger partial charge >= 0.3 is 5.97 Å². The van der Waals surface area contributed by atoms with E-state index < -0.39 is 5.97 Å². The number of aromatic carboxylic acids is 1. The quantitative estimate of drug-likeness (QED) is 0.684. The van der Waals surface area contributed by atoms with Crippen LogP contribution in [0.4, 0.5) is 5.69 Å². The first-order valence-corrected chi connectivity index (χ1v) is 6.40. The van der Waals surface area contributed by atoms with E-state index in [1.165, 1.54) is 11.3 Å². The Labute approximate surface area is 114 Å². The topological polar surface area (TPSA) is 65.3 Å². The summed E-state index contributed by atoms with van der Waals surface area (Å²) in [6, 6.07) is 10.9. The number of hydrogen-bond donors (Lipinski definition) is 1. The Morgan fingerprint density at radius 2 is 2.05 bits per heavy atom. The maximum absolute atomic E-state index is 10.9. The van der Waals surface area contributed by atoms with Crippen LogP contribution in [0.5, 0.6) is 0 Å². The van der Waals surface area contributed by atoms with Crippen molar-refractivity contribution in [3.63, 3.8) is 0 Å². The van der Waals surface area contributed by atoms with Gasteiger partial charge < -0.3 is 5.11 Å². The molecule has 0 saturated carbocycles. The fourth-order valence-electron chi connectivity index (χ4n) is 1.47. The summed E-state index contributed by atoms with van der Waals surface area (Å²) in [6.45, 7) is 0. The molecule has 5 nitrogen and oxygen atoms in total.